The first-order valence-electron chi connectivity index (χ1n) is 8.59. The zero-order valence-electron chi connectivity index (χ0n) is 15.3. The lowest BCUT2D eigenvalue weighted by Gasteiger charge is -2.25. The van der Waals surface area contributed by atoms with Crippen molar-refractivity contribution in [3.8, 4) is 5.75 Å². The third-order valence-electron chi connectivity index (χ3n) is 4.48. The van der Waals surface area contributed by atoms with Gasteiger partial charge in [0.15, 0.2) is 0 Å². The largest absolute Gasteiger partial charge is 0.506 e. The second kappa shape index (κ2) is 8.31. The van der Waals surface area contributed by atoms with E-state index in [2.05, 4.69) is 5.32 Å². The van der Waals surface area contributed by atoms with Crippen molar-refractivity contribution in [2.45, 2.75) is 12.5 Å². The Hall–Kier alpha value is -3.40. The summed E-state index contributed by atoms with van der Waals surface area (Å²) in [5.41, 5.74) is -0.0512. The first-order chi connectivity index (χ1) is 13.8. The van der Waals surface area contributed by atoms with Gasteiger partial charge < -0.3 is 10.4 Å². The van der Waals surface area contributed by atoms with Gasteiger partial charge >= 0.3 is 0 Å². The van der Waals surface area contributed by atoms with Crippen molar-refractivity contribution in [2.24, 2.45) is 0 Å². The van der Waals surface area contributed by atoms with E-state index >= 15 is 0 Å². The predicted molar refractivity (Wildman–Crippen MR) is 107 cm³/mol. The van der Waals surface area contributed by atoms with E-state index in [4.69, 9.17) is 0 Å². The summed E-state index contributed by atoms with van der Waals surface area (Å²) in [6.45, 7) is 0. The quantitative estimate of drug-likeness (QED) is 0.308. The number of nitrogens with zero attached hydrogens (tertiary/aromatic N) is 2. The number of carbonyl (C=O) groups is 3. The van der Waals surface area contributed by atoms with Crippen molar-refractivity contribution in [2.75, 3.05) is 17.3 Å². The molecular weight excluding hydrogens is 398 g/mol. The number of anilines is 1. The van der Waals surface area contributed by atoms with Crippen LogP contribution in [-0.4, -0.2) is 50.7 Å². The molecule has 2 aromatic rings. The number of nitro benzene ring substituents is 1. The molecule has 0 aromatic heterocycles. The van der Waals surface area contributed by atoms with Crippen LogP contribution in [0.2, 0.25) is 0 Å². The van der Waals surface area contributed by atoms with Gasteiger partial charge in [0.05, 0.1) is 21.7 Å². The fraction of sp³-hybridized carbons (Fsp3) is 0.211. The van der Waals surface area contributed by atoms with E-state index in [0.29, 0.717) is 5.75 Å². The number of amides is 3. The molecule has 0 fully saturated rings. The van der Waals surface area contributed by atoms with Crippen LogP contribution in [0.3, 0.4) is 0 Å². The Morgan fingerprint density at radius 1 is 1.21 bits per heavy atom. The number of thioether (sulfide) groups is 1. The lowest BCUT2D eigenvalue weighted by Crippen LogP contribution is -2.47. The third-order valence-corrected chi connectivity index (χ3v) is 5.13. The van der Waals surface area contributed by atoms with Crippen molar-refractivity contribution < 1.29 is 24.4 Å². The van der Waals surface area contributed by atoms with Gasteiger partial charge in [-0.15, -0.1) is 0 Å². The maximum atomic E-state index is 12.9. The van der Waals surface area contributed by atoms with Crippen LogP contribution in [0.25, 0.3) is 0 Å². The van der Waals surface area contributed by atoms with Crippen molar-refractivity contribution in [1.82, 2.24) is 4.90 Å². The van der Waals surface area contributed by atoms with E-state index in [-0.39, 0.29) is 34.7 Å². The van der Waals surface area contributed by atoms with Gasteiger partial charge in [0.2, 0.25) is 5.91 Å². The highest BCUT2D eigenvalue weighted by Crippen LogP contribution is 2.30. The molecule has 150 valence electrons. The van der Waals surface area contributed by atoms with Crippen molar-refractivity contribution in [1.29, 1.82) is 0 Å². The number of phenolic OH excluding ortho intramolecular Hbond substituents is 1. The highest BCUT2D eigenvalue weighted by atomic mass is 32.2. The van der Waals surface area contributed by atoms with Gasteiger partial charge in [-0.25, -0.2) is 0 Å². The van der Waals surface area contributed by atoms with Gasteiger partial charge in [0, 0.05) is 12.1 Å². The molecule has 2 N–H and O–H groups in total. The predicted octanol–water partition coefficient (Wildman–Crippen LogP) is 2.66. The zero-order valence-corrected chi connectivity index (χ0v) is 16.1. The number of nitro groups is 1. The van der Waals surface area contributed by atoms with E-state index < -0.39 is 28.7 Å². The standard InChI is InChI=1S/C19H17N3O6S/c1-29-9-8-15(21-18(25)12-4-2-3-5-13(12)19(21)26)17(24)20-14-10-11(22(27)28)6-7-16(14)23/h2-7,10,15,23H,8-9H2,1H3,(H,20,24). The average molecular weight is 415 g/mol. The van der Waals surface area contributed by atoms with Crippen LogP contribution in [0.5, 0.6) is 5.75 Å². The molecule has 1 atom stereocenters. The van der Waals surface area contributed by atoms with Crippen LogP contribution in [0.1, 0.15) is 27.1 Å². The Kier molecular flexibility index (Phi) is 5.83. The number of imide groups is 1. The lowest BCUT2D eigenvalue weighted by molar-refractivity contribution is -0.384. The monoisotopic (exact) mass is 415 g/mol. The summed E-state index contributed by atoms with van der Waals surface area (Å²) in [6, 6.07) is 8.37. The van der Waals surface area contributed by atoms with Gasteiger partial charge in [-0.3, -0.25) is 29.4 Å². The fourth-order valence-electron chi connectivity index (χ4n) is 3.05. The molecule has 0 aliphatic carbocycles. The molecule has 0 radical (unpaired) electrons. The minimum absolute atomic E-state index is 0.171. The summed E-state index contributed by atoms with van der Waals surface area (Å²) in [7, 11) is 0. The number of hydrogen-bond acceptors (Lipinski definition) is 7. The van der Waals surface area contributed by atoms with Crippen molar-refractivity contribution in [3.05, 3.63) is 63.7 Å². The van der Waals surface area contributed by atoms with E-state index in [0.717, 1.165) is 23.1 Å². The van der Waals surface area contributed by atoms with Gasteiger partial charge in [0.25, 0.3) is 17.5 Å². The first kappa shape index (κ1) is 20.3. The molecule has 1 aliphatic heterocycles. The Morgan fingerprint density at radius 3 is 2.38 bits per heavy atom. The topological polar surface area (TPSA) is 130 Å². The number of rotatable bonds is 7. The van der Waals surface area contributed by atoms with E-state index in [9.17, 15) is 29.6 Å². The fourth-order valence-corrected chi connectivity index (χ4v) is 3.51. The molecule has 2 aromatic carbocycles. The number of non-ortho nitro benzene ring substituents is 1. The minimum Gasteiger partial charge on any atom is -0.506 e. The molecule has 3 rings (SSSR count). The maximum Gasteiger partial charge on any atom is 0.271 e. The molecule has 1 heterocycles. The van der Waals surface area contributed by atoms with Crippen LogP contribution in [0.4, 0.5) is 11.4 Å². The Balaban J connectivity index is 1.91. The molecule has 0 bridgehead atoms. The molecule has 0 spiro atoms. The molecular formula is C19H17N3O6S. The zero-order chi connectivity index (χ0) is 21.1. The van der Waals surface area contributed by atoms with E-state index in [1.165, 1.54) is 23.9 Å². The average Bonchev–Trinajstić information content (AvgIpc) is 2.95. The number of carbonyl (C=O) groups excluding carboxylic acids is 3. The Labute approximate surface area is 169 Å². The molecule has 1 unspecified atom stereocenters. The summed E-state index contributed by atoms with van der Waals surface area (Å²) in [4.78, 5) is 49.7. The van der Waals surface area contributed by atoms with Crippen LogP contribution in [-0.2, 0) is 4.79 Å². The van der Waals surface area contributed by atoms with Crippen LogP contribution < -0.4 is 5.32 Å². The van der Waals surface area contributed by atoms with Crippen LogP contribution >= 0.6 is 11.8 Å². The molecule has 10 heteroatoms. The molecule has 3 amide bonds. The van der Waals surface area contributed by atoms with Crippen LogP contribution in [0.15, 0.2) is 42.5 Å². The first-order valence-corrected chi connectivity index (χ1v) is 9.98. The van der Waals surface area contributed by atoms with Crippen molar-refractivity contribution in [3.63, 3.8) is 0 Å². The van der Waals surface area contributed by atoms with Crippen molar-refractivity contribution >= 4 is 40.9 Å². The minimum atomic E-state index is -1.13. The molecule has 9 nitrogen and oxygen atoms in total. The second-order valence-electron chi connectivity index (χ2n) is 6.27. The Morgan fingerprint density at radius 2 is 1.83 bits per heavy atom. The molecule has 0 saturated carbocycles. The summed E-state index contributed by atoms with van der Waals surface area (Å²) >= 11 is 1.44. The number of hydrogen-bond donors (Lipinski definition) is 2. The summed E-state index contributed by atoms with van der Waals surface area (Å²) in [5, 5.41) is 23.3. The van der Waals surface area contributed by atoms with E-state index in [1.807, 2.05) is 6.26 Å². The lowest BCUT2D eigenvalue weighted by atomic mass is 10.1. The van der Waals surface area contributed by atoms with Gasteiger partial charge in [-0.05, 0) is 36.6 Å². The number of fused-ring (bicyclic) bond motifs is 1. The number of aromatic hydroxyl groups is 1. The maximum absolute atomic E-state index is 12.9. The van der Waals surface area contributed by atoms with Gasteiger partial charge in [-0.2, -0.15) is 11.8 Å². The summed E-state index contributed by atoms with van der Waals surface area (Å²) < 4.78 is 0. The third kappa shape index (κ3) is 3.92. The van der Waals surface area contributed by atoms with Gasteiger partial charge in [-0.1, -0.05) is 12.1 Å². The number of nitrogens with one attached hydrogen (secondary N) is 1. The highest BCUT2D eigenvalue weighted by Gasteiger charge is 2.42. The number of benzene rings is 2. The molecule has 29 heavy (non-hydrogen) atoms. The molecule has 1 aliphatic rings. The SMILES string of the molecule is CSCCC(C(=O)Nc1cc([N+](=O)[O-])ccc1O)N1C(=O)c2ccccc2C1=O. The highest BCUT2D eigenvalue weighted by molar-refractivity contribution is 7.98. The smallest absolute Gasteiger partial charge is 0.271 e. The molecule has 0 saturated heterocycles. The summed E-state index contributed by atoms with van der Waals surface area (Å²) in [5.74, 6) is -1.74. The van der Waals surface area contributed by atoms with Crippen LogP contribution in [0, 0.1) is 10.1 Å². The second-order valence-corrected chi connectivity index (χ2v) is 7.26. The van der Waals surface area contributed by atoms with Gasteiger partial charge in [0.1, 0.15) is 11.8 Å². The van der Waals surface area contributed by atoms with E-state index in [1.54, 1.807) is 12.1 Å². The summed E-state index contributed by atoms with van der Waals surface area (Å²) in [6.07, 6.45) is 2.01. The number of phenols is 1. The Bertz CT molecular complexity index is 974. The normalized spacial score (nSPS) is 13.9.